The van der Waals surface area contributed by atoms with Crippen LogP contribution in [0.2, 0.25) is 0 Å². The number of aromatic nitrogens is 7. The molecule has 0 spiro atoms. The van der Waals surface area contributed by atoms with Gasteiger partial charge in [-0.1, -0.05) is 218 Å². The molecule has 0 saturated carbocycles. The van der Waals surface area contributed by atoms with Crippen molar-refractivity contribution in [3.63, 3.8) is 0 Å². The first kappa shape index (κ1) is 40.2. The van der Waals surface area contributed by atoms with Gasteiger partial charge in [-0.25, -0.2) is 34.9 Å². The zero-order valence-corrected chi connectivity index (χ0v) is 36.3. The Kier molecular flexibility index (Phi) is 10.7. The lowest BCUT2D eigenvalue weighted by molar-refractivity contribution is 0.592. The van der Waals surface area contributed by atoms with Gasteiger partial charge >= 0.3 is 0 Å². The molecule has 8 nitrogen and oxygen atoms in total. The molecule has 3 heterocycles. The van der Waals surface area contributed by atoms with Crippen molar-refractivity contribution in [1.29, 1.82) is 0 Å². The molecule has 0 N–H and O–H groups in total. The number of benzene rings is 8. The van der Waals surface area contributed by atoms with Crippen LogP contribution >= 0.6 is 7.14 Å². The second-order valence-corrected chi connectivity index (χ2v) is 18.5. The molecule has 9 heteroatoms. The van der Waals surface area contributed by atoms with E-state index in [0.717, 1.165) is 65.9 Å². The standard InChI is InChI=1S/C57H38N7OP/c65-66(45-24-12-4-13-25-45,46-26-14-5-15-27-46)47-36-34-39(35-37-47)50-38-51(60-53(59-50)41-18-6-1-7-19-41)57-63-55(43-22-10-3-11-23-43)62-56(64-57)44-32-30-40(31-33-44)52-48-28-16-17-29-49(48)58-54(61-52)42-20-8-2-9-21-42/h1-38H. The molecule has 0 aliphatic heterocycles. The SMILES string of the molecule is O=P(c1ccccc1)(c1ccccc1)c1ccc(-c2cc(-c3nc(-c4ccccc4)nc(-c4ccc(-c5nc(-c6ccccc6)nc6ccccc56)cc4)n3)nc(-c3ccccc3)n2)cc1. The maximum absolute atomic E-state index is 15.2. The van der Waals surface area contributed by atoms with Crippen molar-refractivity contribution in [2.24, 2.45) is 0 Å². The van der Waals surface area contributed by atoms with E-state index in [4.69, 9.17) is 34.9 Å². The highest BCUT2D eigenvalue weighted by atomic mass is 31.2. The maximum atomic E-state index is 15.2. The molecule has 0 aliphatic rings. The number of hydrogen-bond acceptors (Lipinski definition) is 8. The molecule has 0 radical (unpaired) electrons. The summed E-state index contributed by atoms with van der Waals surface area (Å²) in [5.74, 6) is 2.58. The summed E-state index contributed by atoms with van der Waals surface area (Å²) in [6, 6.07) is 75.2. The van der Waals surface area contributed by atoms with E-state index in [2.05, 4.69) is 18.2 Å². The van der Waals surface area contributed by atoms with Gasteiger partial charge < -0.3 is 4.57 Å². The summed E-state index contributed by atoms with van der Waals surface area (Å²) in [6.07, 6.45) is 0. The Labute approximate surface area is 381 Å². The molecule has 0 bridgehead atoms. The molecule has 0 amide bonds. The van der Waals surface area contributed by atoms with E-state index >= 15 is 4.57 Å². The second-order valence-electron chi connectivity index (χ2n) is 15.7. The summed E-state index contributed by atoms with van der Waals surface area (Å²) in [7, 11) is -3.19. The third-order valence-corrected chi connectivity index (χ3v) is 14.5. The van der Waals surface area contributed by atoms with Gasteiger partial charge in [-0.2, -0.15) is 0 Å². The van der Waals surface area contributed by atoms with Crippen molar-refractivity contribution in [1.82, 2.24) is 34.9 Å². The predicted molar refractivity (Wildman–Crippen MR) is 266 cm³/mol. The van der Waals surface area contributed by atoms with Crippen molar-refractivity contribution in [2.75, 3.05) is 0 Å². The van der Waals surface area contributed by atoms with E-state index < -0.39 is 7.14 Å². The van der Waals surface area contributed by atoms with Gasteiger partial charge in [-0.05, 0) is 12.1 Å². The molecule has 11 rings (SSSR count). The average molecular weight is 868 g/mol. The third-order valence-electron chi connectivity index (χ3n) is 11.5. The summed E-state index contributed by atoms with van der Waals surface area (Å²) in [4.78, 5) is 35.4. The van der Waals surface area contributed by atoms with Gasteiger partial charge in [0.05, 0.1) is 16.9 Å². The first-order valence-electron chi connectivity index (χ1n) is 21.6. The summed E-state index contributed by atoms with van der Waals surface area (Å²) in [6.45, 7) is 0. The first-order chi connectivity index (χ1) is 32.6. The fourth-order valence-corrected chi connectivity index (χ4v) is 10.8. The highest BCUT2D eigenvalue weighted by Crippen LogP contribution is 2.43. The normalized spacial score (nSPS) is 11.4. The molecular formula is C57H38N7OP. The van der Waals surface area contributed by atoms with Crippen molar-refractivity contribution in [3.8, 4) is 79.6 Å². The van der Waals surface area contributed by atoms with Crippen LogP contribution in [0.5, 0.6) is 0 Å². The van der Waals surface area contributed by atoms with E-state index in [1.165, 1.54) is 0 Å². The topological polar surface area (TPSA) is 107 Å². The van der Waals surface area contributed by atoms with Gasteiger partial charge in [0, 0.05) is 54.7 Å². The van der Waals surface area contributed by atoms with Crippen molar-refractivity contribution >= 4 is 34.0 Å². The van der Waals surface area contributed by atoms with Gasteiger partial charge in [-0.15, -0.1) is 0 Å². The van der Waals surface area contributed by atoms with Crippen LogP contribution in [0, 0.1) is 0 Å². The van der Waals surface area contributed by atoms with Crippen LogP contribution in [0.25, 0.3) is 90.5 Å². The van der Waals surface area contributed by atoms with Crippen LogP contribution in [0.15, 0.2) is 231 Å². The van der Waals surface area contributed by atoms with Crippen molar-refractivity contribution in [2.45, 2.75) is 0 Å². The molecule has 3 aromatic heterocycles. The third kappa shape index (κ3) is 7.87. The van der Waals surface area contributed by atoms with E-state index in [0.29, 0.717) is 40.5 Å². The maximum Gasteiger partial charge on any atom is 0.182 e. The molecule has 0 aliphatic carbocycles. The summed E-state index contributed by atoms with van der Waals surface area (Å²) in [5, 5.41) is 3.23. The number of rotatable bonds is 10. The Morgan fingerprint density at radius 3 is 1.20 bits per heavy atom. The van der Waals surface area contributed by atoms with E-state index in [1.807, 2.05) is 212 Å². The van der Waals surface area contributed by atoms with Crippen LogP contribution in [-0.4, -0.2) is 34.9 Å². The highest BCUT2D eigenvalue weighted by Gasteiger charge is 2.29. The van der Waals surface area contributed by atoms with Crippen molar-refractivity contribution < 1.29 is 4.57 Å². The molecule has 11 aromatic rings. The predicted octanol–water partition coefficient (Wildman–Crippen LogP) is 11.9. The molecule has 66 heavy (non-hydrogen) atoms. The number of fused-ring (bicyclic) bond motifs is 1. The Hall–Kier alpha value is -8.58. The van der Waals surface area contributed by atoms with Gasteiger partial charge in [0.1, 0.15) is 5.69 Å². The van der Waals surface area contributed by atoms with Crippen LogP contribution in [-0.2, 0) is 4.57 Å². The van der Waals surface area contributed by atoms with Crippen LogP contribution in [0.1, 0.15) is 0 Å². The molecular weight excluding hydrogens is 830 g/mol. The zero-order valence-electron chi connectivity index (χ0n) is 35.4. The Balaban J connectivity index is 1.02. The molecule has 0 atom stereocenters. The van der Waals surface area contributed by atoms with Gasteiger partial charge in [0.15, 0.2) is 36.3 Å². The molecule has 312 valence electrons. The molecule has 0 unspecified atom stereocenters. The molecule has 0 saturated heterocycles. The number of nitrogens with zero attached hydrogens (tertiary/aromatic N) is 7. The fourth-order valence-electron chi connectivity index (χ4n) is 8.12. The molecule has 0 fully saturated rings. The van der Waals surface area contributed by atoms with Crippen LogP contribution < -0.4 is 15.9 Å². The Morgan fingerprint density at radius 1 is 0.273 bits per heavy atom. The average Bonchev–Trinajstić information content (AvgIpc) is 3.41. The number of hydrogen-bond donors (Lipinski definition) is 0. The summed E-state index contributed by atoms with van der Waals surface area (Å²) < 4.78 is 15.2. The highest BCUT2D eigenvalue weighted by molar-refractivity contribution is 7.85. The smallest absolute Gasteiger partial charge is 0.182 e. The van der Waals surface area contributed by atoms with E-state index in [-0.39, 0.29) is 0 Å². The first-order valence-corrected chi connectivity index (χ1v) is 23.3. The lowest BCUT2D eigenvalue weighted by Gasteiger charge is -2.20. The molecule has 8 aromatic carbocycles. The Bertz CT molecular complexity index is 3480. The van der Waals surface area contributed by atoms with Crippen LogP contribution in [0.4, 0.5) is 0 Å². The quantitative estimate of drug-likeness (QED) is 0.125. The number of para-hydroxylation sites is 1. The van der Waals surface area contributed by atoms with Crippen LogP contribution in [0.3, 0.4) is 0 Å². The van der Waals surface area contributed by atoms with Gasteiger partial charge in [0.2, 0.25) is 0 Å². The van der Waals surface area contributed by atoms with Gasteiger partial charge in [0.25, 0.3) is 0 Å². The minimum Gasteiger partial charge on any atom is -0.309 e. The summed E-state index contributed by atoms with van der Waals surface area (Å²) >= 11 is 0. The summed E-state index contributed by atoms with van der Waals surface area (Å²) in [5.41, 5.74) is 8.10. The lowest BCUT2D eigenvalue weighted by Crippen LogP contribution is -2.24. The fraction of sp³-hybridized carbons (Fsp3) is 0. The van der Waals surface area contributed by atoms with E-state index in [9.17, 15) is 0 Å². The zero-order chi connectivity index (χ0) is 44.3. The second kappa shape index (κ2) is 17.5. The van der Waals surface area contributed by atoms with E-state index in [1.54, 1.807) is 0 Å². The largest absolute Gasteiger partial charge is 0.309 e. The Morgan fingerprint density at radius 2 is 0.652 bits per heavy atom. The lowest BCUT2D eigenvalue weighted by atomic mass is 10.0. The minimum atomic E-state index is -3.19. The monoisotopic (exact) mass is 867 g/mol. The van der Waals surface area contributed by atoms with Gasteiger partial charge in [-0.3, -0.25) is 0 Å². The van der Waals surface area contributed by atoms with Crippen molar-refractivity contribution in [3.05, 3.63) is 231 Å². The minimum absolute atomic E-state index is 0.396.